The molecule has 31 heavy (non-hydrogen) atoms. The van der Waals surface area contributed by atoms with Gasteiger partial charge >= 0.3 is 0 Å². The van der Waals surface area contributed by atoms with Gasteiger partial charge in [-0.15, -0.1) is 0 Å². The smallest absolute Gasteiger partial charge is 0.233 e. The molecule has 0 atom stereocenters. The zero-order valence-electron chi connectivity index (χ0n) is 17.3. The van der Waals surface area contributed by atoms with Crippen LogP contribution in [0.4, 0.5) is 23.3 Å². The molecule has 1 aromatic heterocycles. The van der Waals surface area contributed by atoms with Gasteiger partial charge in [0, 0.05) is 22.2 Å². The first-order chi connectivity index (χ1) is 15.0. The Bertz CT molecular complexity index is 1100. The summed E-state index contributed by atoms with van der Waals surface area (Å²) in [5, 5.41) is 7.90. The number of nitrogens with zero attached hydrogens (tertiary/aromatic N) is 3. The Kier molecular flexibility index (Phi) is 6.70. The fourth-order valence-corrected chi connectivity index (χ4v) is 3.83. The van der Waals surface area contributed by atoms with Gasteiger partial charge in [-0.05, 0) is 55.8 Å². The van der Waals surface area contributed by atoms with E-state index in [9.17, 15) is 0 Å². The molecule has 2 N–H and O–H groups in total. The predicted octanol–water partition coefficient (Wildman–Crippen LogP) is 6.92. The van der Waals surface area contributed by atoms with Crippen LogP contribution in [0, 0.1) is 13.8 Å². The number of thioether (sulfide) groups is 1. The maximum absolute atomic E-state index is 6.11. The molecule has 0 amide bonds. The monoisotopic (exact) mass is 447 g/mol. The van der Waals surface area contributed by atoms with Gasteiger partial charge in [0.2, 0.25) is 11.9 Å². The maximum Gasteiger partial charge on any atom is 0.233 e. The number of aryl methyl sites for hydroxylation is 2. The van der Waals surface area contributed by atoms with Gasteiger partial charge < -0.3 is 10.6 Å². The van der Waals surface area contributed by atoms with Crippen LogP contribution in [-0.2, 0) is 5.75 Å². The van der Waals surface area contributed by atoms with Gasteiger partial charge in [0.05, 0.1) is 0 Å². The lowest BCUT2D eigenvalue weighted by Crippen LogP contribution is -2.05. The Morgan fingerprint density at radius 1 is 0.742 bits per heavy atom. The molecule has 0 radical (unpaired) electrons. The van der Waals surface area contributed by atoms with E-state index in [-0.39, 0.29) is 0 Å². The fourth-order valence-electron chi connectivity index (χ4n) is 2.84. The van der Waals surface area contributed by atoms with Gasteiger partial charge in [-0.25, -0.2) is 0 Å². The molecule has 0 unspecified atom stereocenters. The number of hydrogen-bond acceptors (Lipinski definition) is 6. The molecule has 4 rings (SSSR count). The van der Waals surface area contributed by atoms with Crippen molar-refractivity contribution >= 4 is 46.6 Å². The standard InChI is InChI=1S/C24H22ClN5S/c1-16-6-10-20(11-7-16)26-22-28-23(27-21-12-8-17(2)9-13-21)30-24(29-22)31-15-18-4-3-5-19(25)14-18/h3-14H,15H2,1-2H3,(H2,26,27,28,29,30). The summed E-state index contributed by atoms with van der Waals surface area (Å²) >= 11 is 7.64. The van der Waals surface area contributed by atoms with Crippen molar-refractivity contribution in [1.29, 1.82) is 0 Å². The average molecular weight is 448 g/mol. The molecular weight excluding hydrogens is 426 g/mol. The molecule has 1 heterocycles. The SMILES string of the molecule is Cc1ccc(Nc2nc(Nc3ccc(C)cc3)nc(SCc3cccc(Cl)c3)n2)cc1. The number of anilines is 4. The molecule has 0 aliphatic carbocycles. The quantitative estimate of drug-likeness (QED) is 0.300. The summed E-state index contributed by atoms with van der Waals surface area (Å²) in [6.45, 7) is 4.11. The average Bonchev–Trinajstić information content (AvgIpc) is 2.76. The van der Waals surface area contributed by atoms with E-state index in [1.165, 1.54) is 22.9 Å². The topological polar surface area (TPSA) is 62.7 Å². The third-order valence-corrected chi connectivity index (χ3v) is 5.64. The minimum Gasteiger partial charge on any atom is -0.324 e. The minimum atomic E-state index is 0.488. The molecule has 0 saturated heterocycles. The van der Waals surface area contributed by atoms with Crippen LogP contribution in [0.1, 0.15) is 16.7 Å². The first-order valence-corrected chi connectivity index (χ1v) is 11.2. The first-order valence-electron chi connectivity index (χ1n) is 9.84. The van der Waals surface area contributed by atoms with Crippen LogP contribution in [0.15, 0.2) is 78.0 Å². The lowest BCUT2D eigenvalue weighted by molar-refractivity contribution is 0.920. The van der Waals surface area contributed by atoms with Crippen LogP contribution in [-0.4, -0.2) is 15.0 Å². The van der Waals surface area contributed by atoms with Gasteiger partial charge in [-0.3, -0.25) is 0 Å². The molecule has 0 spiro atoms. The van der Waals surface area contributed by atoms with E-state index in [0.29, 0.717) is 22.8 Å². The Morgan fingerprint density at radius 3 is 1.81 bits per heavy atom. The van der Waals surface area contributed by atoms with Gasteiger partial charge in [0.25, 0.3) is 0 Å². The summed E-state index contributed by atoms with van der Waals surface area (Å²) < 4.78 is 0. The second-order valence-electron chi connectivity index (χ2n) is 7.17. The molecule has 0 aliphatic rings. The molecule has 5 nitrogen and oxygen atoms in total. The highest BCUT2D eigenvalue weighted by Gasteiger charge is 2.09. The van der Waals surface area contributed by atoms with E-state index in [4.69, 9.17) is 11.6 Å². The van der Waals surface area contributed by atoms with Crippen molar-refractivity contribution in [2.75, 3.05) is 10.6 Å². The van der Waals surface area contributed by atoms with Crippen LogP contribution in [0.5, 0.6) is 0 Å². The Morgan fingerprint density at radius 2 is 1.29 bits per heavy atom. The number of aromatic nitrogens is 3. The van der Waals surface area contributed by atoms with Crippen LogP contribution < -0.4 is 10.6 Å². The largest absolute Gasteiger partial charge is 0.324 e. The van der Waals surface area contributed by atoms with Crippen molar-refractivity contribution in [3.8, 4) is 0 Å². The molecular formula is C24H22ClN5S. The number of benzene rings is 3. The predicted molar refractivity (Wildman–Crippen MR) is 130 cm³/mol. The Hall–Kier alpha value is -3.09. The Balaban J connectivity index is 1.58. The molecule has 3 aromatic carbocycles. The van der Waals surface area contributed by atoms with Gasteiger partial charge in [0.1, 0.15) is 0 Å². The van der Waals surface area contributed by atoms with Gasteiger partial charge in [-0.2, -0.15) is 15.0 Å². The zero-order valence-corrected chi connectivity index (χ0v) is 18.8. The summed E-state index contributed by atoms with van der Waals surface area (Å²) in [6.07, 6.45) is 0. The summed E-state index contributed by atoms with van der Waals surface area (Å²) in [7, 11) is 0. The summed E-state index contributed by atoms with van der Waals surface area (Å²) in [5.41, 5.74) is 5.34. The number of halogens is 1. The molecule has 7 heteroatoms. The fraction of sp³-hybridized carbons (Fsp3) is 0.125. The van der Waals surface area contributed by atoms with Crippen LogP contribution in [0.2, 0.25) is 5.02 Å². The Labute approximate surface area is 191 Å². The lowest BCUT2D eigenvalue weighted by atomic mass is 10.2. The third kappa shape index (κ3) is 6.20. The van der Waals surface area contributed by atoms with Crippen molar-refractivity contribution in [1.82, 2.24) is 15.0 Å². The molecule has 4 aromatic rings. The zero-order chi connectivity index (χ0) is 21.6. The van der Waals surface area contributed by atoms with E-state index < -0.39 is 0 Å². The van der Waals surface area contributed by atoms with Crippen molar-refractivity contribution < 1.29 is 0 Å². The highest BCUT2D eigenvalue weighted by Crippen LogP contribution is 2.25. The lowest BCUT2D eigenvalue weighted by Gasteiger charge is -2.11. The van der Waals surface area contributed by atoms with E-state index >= 15 is 0 Å². The van der Waals surface area contributed by atoms with Crippen molar-refractivity contribution in [2.24, 2.45) is 0 Å². The van der Waals surface area contributed by atoms with E-state index in [1.807, 2.05) is 72.8 Å². The van der Waals surface area contributed by atoms with Crippen LogP contribution in [0.25, 0.3) is 0 Å². The number of hydrogen-bond donors (Lipinski definition) is 2. The third-order valence-electron chi connectivity index (χ3n) is 4.49. The molecule has 0 fully saturated rings. The highest BCUT2D eigenvalue weighted by atomic mass is 35.5. The van der Waals surface area contributed by atoms with Crippen molar-refractivity contribution in [3.63, 3.8) is 0 Å². The second-order valence-corrected chi connectivity index (χ2v) is 8.54. The number of rotatable bonds is 7. The van der Waals surface area contributed by atoms with E-state index in [0.717, 1.165) is 22.0 Å². The normalized spacial score (nSPS) is 10.7. The van der Waals surface area contributed by atoms with Crippen molar-refractivity contribution in [2.45, 2.75) is 24.8 Å². The first kappa shape index (κ1) is 21.2. The van der Waals surface area contributed by atoms with Crippen molar-refractivity contribution in [3.05, 3.63) is 94.5 Å². The van der Waals surface area contributed by atoms with Crippen LogP contribution in [0.3, 0.4) is 0 Å². The molecule has 0 bridgehead atoms. The minimum absolute atomic E-state index is 0.488. The molecule has 0 aliphatic heterocycles. The summed E-state index contributed by atoms with van der Waals surface area (Å²) in [4.78, 5) is 13.8. The van der Waals surface area contributed by atoms with Gasteiger partial charge in [-0.1, -0.05) is 70.9 Å². The number of nitrogens with one attached hydrogen (secondary N) is 2. The van der Waals surface area contributed by atoms with E-state index in [2.05, 4.69) is 39.4 Å². The molecule has 0 saturated carbocycles. The molecule has 156 valence electrons. The van der Waals surface area contributed by atoms with Crippen LogP contribution >= 0.6 is 23.4 Å². The van der Waals surface area contributed by atoms with Gasteiger partial charge in [0.15, 0.2) is 5.16 Å². The maximum atomic E-state index is 6.11. The van der Waals surface area contributed by atoms with E-state index in [1.54, 1.807) is 0 Å². The summed E-state index contributed by atoms with van der Waals surface area (Å²) in [6, 6.07) is 24.0. The summed E-state index contributed by atoms with van der Waals surface area (Å²) in [5.74, 6) is 1.68. The second kappa shape index (κ2) is 9.81. The highest BCUT2D eigenvalue weighted by molar-refractivity contribution is 7.98.